The quantitative estimate of drug-likeness (QED) is 0.540. The first-order valence-electron chi connectivity index (χ1n) is 10.5. The summed E-state index contributed by atoms with van der Waals surface area (Å²) in [5.41, 5.74) is 3.61. The molecule has 2 aromatic heterocycles. The Morgan fingerprint density at radius 2 is 1.90 bits per heavy atom. The lowest BCUT2D eigenvalue weighted by Gasteiger charge is -2.27. The molecule has 0 atom stereocenters. The van der Waals surface area contributed by atoms with Gasteiger partial charge in [0.15, 0.2) is 5.82 Å². The largest absolute Gasteiger partial charge is 0.379 e. The van der Waals surface area contributed by atoms with Crippen LogP contribution in [0.2, 0.25) is 0 Å². The summed E-state index contributed by atoms with van der Waals surface area (Å²) < 4.78 is 5.43. The molecule has 1 fully saturated rings. The van der Waals surface area contributed by atoms with E-state index in [2.05, 4.69) is 15.2 Å². The number of nitrogens with one attached hydrogen (secondary N) is 1. The Morgan fingerprint density at radius 1 is 1.06 bits per heavy atom. The number of nitrogens with zero attached hydrogens (tertiary/aromatic N) is 4. The van der Waals surface area contributed by atoms with Crippen molar-refractivity contribution in [3.05, 3.63) is 72.6 Å². The highest BCUT2D eigenvalue weighted by Gasteiger charge is 2.15. The van der Waals surface area contributed by atoms with Crippen molar-refractivity contribution in [3.63, 3.8) is 0 Å². The van der Waals surface area contributed by atoms with Crippen molar-refractivity contribution in [2.24, 2.45) is 0 Å². The van der Waals surface area contributed by atoms with Gasteiger partial charge in [-0.2, -0.15) is 0 Å². The van der Waals surface area contributed by atoms with E-state index in [1.807, 2.05) is 54.6 Å². The summed E-state index contributed by atoms with van der Waals surface area (Å²) in [5.74, 6) is 0.700. The maximum atomic E-state index is 12.0. The van der Waals surface area contributed by atoms with Gasteiger partial charge in [0.2, 0.25) is 6.41 Å². The molecule has 7 nitrogen and oxygen atoms in total. The van der Waals surface area contributed by atoms with E-state index in [-0.39, 0.29) is 0 Å². The molecule has 0 unspecified atom stereocenters. The first kappa shape index (κ1) is 21.0. The van der Waals surface area contributed by atoms with E-state index < -0.39 is 0 Å². The molecule has 0 saturated carbocycles. The Kier molecular flexibility index (Phi) is 7.20. The second kappa shape index (κ2) is 10.7. The number of carbonyl (C=O) groups excluding carboxylic acids is 1. The molecule has 1 saturated heterocycles. The van der Waals surface area contributed by atoms with E-state index in [0.29, 0.717) is 12.4 Å². The van der Waals surface area contributed by atoms with Gasteiger partial charge < -0.3 is 15.0 Å². The molecule has 1 N–H and O–H groups in total. The minimum absolute atomic E-state index is 0.432. The molecule has 1 aliphatic heterocycles. The molecule has 3 aromatic rings. The van der Waals surface area contributed by atoms with Crippen molar-refractivity contribution in [1.29, 1.82) is 0 Å². The molecule has 0 spiro atoms. The van der Waals surface area contributed by atoms with Crippen LogP contribution in [0.4, 0.5) is 11.5 Å². The predicted molar refractivity (Wildman–Crippen MR) is 122 cm³/mol. The lowest BCUT2D eigenvalue weighted by atomic mass is 10.1. The van der Waals surface area contributed by atoms with Crippen molar-refractivity contribution in [1.82, 2.24) is 14.9 Å². The third-order valence-electron chi connectivity index (χ3n) is 5.28. The van der Waals surface area contributed by atoms with Gasteiger partial charge in [-0.05, 0) is 23.8 Å². The second-order valence-corrected chi connectivity index (χ2v) is 7.41. The molecular formula is C24H27N5O2. The Morgan fingerprint density at radius 3 is 2.65 bits per heavy atom. The number of pyridine rings is 2. The highest BCUT2D eigenvalue weighted by Crippen LogP contribution is 2.28. The van der Waals surface area contributed by atoms with Gasteiger partial charge in [0.05, 0.1) is 31.1 Å². The molecule has 0 radical (unpaired) electrons. The summed E-state index contributed by atoms with van der Waals surface area (Å²) in [5, 5.41) is 3.46. The van der Waals surface area contributed by atoms with Gasteiger partial charge in [0.25, 0.3) is 0 Å². The van der Waals surface area contributed by atoms with Crippen molar-refractivity contribution >= 4 is 17.9 Å². The summed E-state index contributed by atoms with van der Waals surface area (Å²) in [6.07, 6.45) is 4.34. The average Bonchev–Trinajstić information content (AvgIpc) is 2.84. The highest BCUT2D eigenvalue weighted by molar-refractivity contribution is 5.83. The molecule has 4 rings (SSSR count). The van der Waals surface area contributed by atoms with Crippen LogP contribution in [-0.2, 0) is 16.1 Å². The van der Waals surface area contributed by atoms with Crippen molar-refractivity contribution in [3.8, 4) is 11.3 Å². The summed E-state index contributed by atoms with van der Waals surface area (Å²) in [6, 6.07) is 17.8. The number of anilines is 2. The molecule has 31 heavy (non-hydrogen) atoms. The van der Waals surface area contributed by atoms with Crippen molar-refractivity contribution < 1.29 is 9.53 Å². The summed E-state index contributed by atoms with van der Waals surface area (Å²) >= 11 is 0. The van der Waals surface area contributed by atoms with Crippen molar-refractivity contribution in [2.75, 3.05) is 49.6 Å². The number of ether oxygens (including phenoxy) is 1. The maximum Gasteiger partial charge on any atom is 0.214 e. The number of hydrogen-bond donors (Lipinski definition) is 1. The molecule has 1 amide bonds. The van der Waals surface area contributed by atoms with Gasteiger partial charge in [-0.1, -0.05) is 36.4 Å². The van der Waals surface area contributed by atoms with E-state index in [9.17, 15) is 4.79 Å². The van der Waals surface area contributed by atoms with Crippen LogP contribution >= 0.6 is 0 Å². The SMILES string of the molecule is O=CN(Cc1cccnc1)c1ccc(-c2ccccc2)nc1NCCN1CCOCC1. The van der Waals surface area contributed by atoms with Gasteiger partial charge >= 0.3 is 0 Å². The van der Waals surface area contributed by atoms with Crippen LogP contribution in [0.1, 0.15) is 5.56 Å². The van der Waals surface area contributed by atoms with E-state index >= 15 is 0 Å². The predicted octanol–water partition coefficient (Wildman–Crippen LogP) is 3.05. The smallest absolute Gasteiger partial charge is 0.214 e. The normalized spacial score (nSPS) is 14.2. The van der Waals surface area contributed by atoms with E-state index in [0.717, 1.165) is 68.3 Å². The summed E-state index contributed by atoms with van der Waals surface area (Å²) in [6.45, 7) is 5.48. The van der Waals surface area contributed by atoms with Crippen LogP contribution < -0.4 is 10.2 Å². The fourth-order valence-corrected chi connectivity index (χ4v) is 3.61. The van der Waals surface area contributed by atoms with Gasteiger partial charge in [-0.3, -0.25) is 14.7 Å². The number of morpholine rings is 1. The zero-order valence-corrected chi connectivity index (χ0v) is 17.5. The van der Waals surface area contributed by atoms with E-state index in [1.165, 1.54) is 0 Å². The fraction of sp³-hybridized carbons (Fsp3) is 0.292. The Bertz CT molecular complexity index is 962. The lowest BCUT2D eigenvalue weighted by molar-refractivity contribution is -0.107. The van der Waals surface area contributed by atoms with Crippen LogP contribution in [0.5, 0.6) is 0 Å². The summed E-state index contributed by atoms with van der Waals surface area (Å²) in [7, 11) is 0. The monoisotopic (exact) mass is 417 g/mol. The number of amides is 1. The van der Waals surface area contributed by atoms with Crippen LogP contribution in [0, 0.1) is 0 Å². The van der Waals surface area contributed by atoms with Crippen LogP contribution in [0.15, 0.2) is 67.0 Å². The third-order valence-corrected chi connectivity index (χ3v) is 5.28. The first-order chi connectivity index (χ1) is 15.3. The van der Waals surface area contributed by atoms with E-state index in [1.54, 1.807) is 17.3 Å². The number of hydrogen-bond acceptors (Lipinski definition) is 6. The van der Waals surface area contributed by atoms with Crippen molar-refractivity contribution in [2.45, 2.75) is 6.54 Å². The Hall–Kier alpha value is -3.29. The minimum atomic E-state index is 0.432. The standard InChI is InChI=1S/C24H27N5O2/c30-19-29(18-20-5-4-10-25-17-20)23-9-8-22(21-6-2-1-3-7-21)27-24(23)26-11-12-28-13-15-31-16-14-28/h1-10,17,19H,11-16,18H2,(H,26,27). The molecule has 1 aromatic carbocycles. The number of aromatic nitrogens is 2. The number of benzene rings is 1. The molecule has 7 heteroatoms. The molecule has 0 bridgehead atoms. The van der Waals surface area contributed by atoms with E-state index in [4.69, 9.17) is 9.72 Å². The third kappa shape index (κ3) is 5.65. The molecule has 160 valence electrons. The number of rotatable bonds is 9. The molecule has 1 aliphatic rings. The minimum Gasteiger partial charge on any atom is -0.379 e. The molecule has 0 aliphatic carbocycles. The van der Waals surface area contributed by atoms with Crippen LogP contribution in [0.25, 0.3) is 11.3 Å². The topological polar surface area (TPSA) is 70.6 Å². The fourth-order valence-electron chi connectivity index (χ4n) is 3.61. The Labute approximate surface area is 182 Å². The molecule has 3 heterocycles. The average molecular weight is 418 g/mol. The van der Waals surface area contributed by atoms with Crippen LogP contribution in [-0.4, -0.2) is 60.7 Å². The van der Waals surface area contributed by atoms with Gasteiger partial charge in [0.1, 0.15) is 0 Å². The van der Waals surface area contributed by atoms with Gasteiger partial charge in [0, 0.05) is 44.1 Å². The lowest BCUT2D eigenvalue weighted by Crippen LogP contribution is -2.39. The molecular weight excluding hydrogens is 390 g/mol. The first-order valence-corrected chi connectivity index (χ1v) is 10.5. The zero-order chi connectivity index (χ0) is 21.3. The summed E-state index contributed by atoms with van der Waals surface area (Å²) in [4.78, 5) is 25.0. The van der Waals surface area contributed by atoms with Crippen LogP contribution in [0.3, 0.4) is 0 Å². The van der Waals surface area contributed by atoms with Gasteiger partial charge in [-0.15, -0.1) is 0 Å². The second-order valence-electron chi connectivity index (χ2n) is 7.41. The number of carbonyl (C=O) groups is 1. The maximum absolute atomic E-state index is 12.0. The Balaban J connectivity index is 1.56. The highest BCUT2D eigenvalue weighted by atomic mass is 16.5. The zero-order valence-electron chi connectivity index (χ0n) is 17.5. The van der Waals surface area contributed by atoms with Gasteiger partial charge in [-0.25, -0.2) is 4.98 Å².